The molecule has 0 aromatic carbocycles. The Morgan fingerprint density at radius 2 is 2.00 bits per heavy atom. The van der Waals surface area contributed by atoms with Crippen LogP contribution in [0.1, 0.15) is 38.5 Å². The smallest absolute Gasteiger partial charge is 0.313 e. The zero-order valence-electron chi connectivity index (χ0n) is 14.6. The summed E-state index contributed by atoms with van der Waals surface area (Å²) in [5.41, 5.74) is 4.67. The SMILES string of the molecule is O=C(CC1CCCCN1)NNC(=O)[C@@H]1CCC2CN1C(=O)N2OS(=O)(=O)O. The Morgan fingerprint density at radius 1 is 1.22 bits per heavy atom. The predicted molar refractivity (Wildman–Crippen MR) is 89.9 cm³/mol. The van der Waals surface area contributed by atoms with Gasteiger partial charge in [-0.15, -0.1) is 4.28 Å². The molecule has 0 radical (unpaired) electrons. The van der Waals surface area contributed by atoms with Crippen molar-refractivity contribution >= 4 is 28.2 Å². The molecular formula is C14H23N5O7S. The lowest BCUT2D eigenvalue weighted by molar-refractivity contribution is -0.132. The van der Waals surface area contributed by atoms with Crippen molar-refractivity contribution in [1.29, 1.82) is 0 Å². The van der Waals surface area contributed by atoms with Crippen molar-refractivity contribution in [1.82, 2.24) is 26.1 Å². The van der Waals surface area contributed by atoms with Crippen molar-refractivity contribution < 1.29 is 31.6 Å². The van der Waals surface area contributed by atoms with Crippen LogP contribution in [0.15, 0.2) is 0 Å². The summed E-state index contributed by atoms with van der Waals surface area (Å²) in [6, 6.07) is -2.18. The fourth-order valence-electron chi connectivity index (χ4n) is 3.69. The first kappa shape index (κ1) is 19.8. The first-order valence-electron chi connectivity index (χ1n) is 8.83. The lowest BCUT2D eigenvalue weighted by Crippen LogP contribution is -2.54. The molecule has 13 heteroatoms. The van der Waals surface area contributed by atoms with Crippen LogP contribution in [0.3, 0.4) is 0 Å². The Morgan fingerprint density at radius 3 is 2.67 bits per heavy atom. The number of urea groups is 1. The number of nitrogens with one attached hydrogen (secondary N) is 3. The van der Waals surface area contributed by atoms with Crippen molar-refractivity contribution in [3.63, 3.8) is 0 Å². The average molecular weight is 405 g/mol. The summed E-state index contributed by atoms with van der Waals surface area (Å²) < 4.78 is 34.8. The van der Waals surface area contributed by atoms with Crippen LogP contribution in [-0.4, -0.2) is 72.0 Å². The number of carbonyl (C=O) groups is 3. The fourth-order valence-corrected chi connectivity index (χ4v) is 4.08. The van der Waals surface area contributed by atoms with Crippen LogP contribution < -0.4 is 16.2 Å². The van der Waals surface area contributed by atoms with E-state index < -0.39 is 34.4 Å². The Bertz CT molecular complexity index is 709. The first-order valence-corrected chi connectivity index (χ1v) is 10.2. The molecule has 0 aliphatic carbocycles. The van der Waals surface area contributed by atoms with Gasteiger partial charge in [-0.25, -0.2) is 4.79 Å². The molecule has 27 heavy (non-hydrogen) atoms. The summed E-state index contributed by atoms with van der Waals surface area (Å²) in [7, 11) is -4.84. The number of piperidine rings is 2. The minimum absolute atomic E-state index is 0.0809. The maximum absolute atomic E-state index is 12.4. The van der Waals surface area contributed by atoms with Crippen LogP contribution >= 0.6 is 0 Å². The maximum atomic E-state index is 12.4. The number of amides is 4. The third-order valence-electron chi connectivity index (χ3n) is 4.97. The molecule has 4 N–H and O–H groups in total. The number of fused-ring (bicyclic) bond motifs is 2. The molecule has 3 fully saturated rings. The molecule has 3 aliphatic heterocycles. The van der Waals surface area contributed by atoms with E-state index in [1.807, 2.05) is 0 Å². The number of nitrogens with zero attached hydrogens (tertiary/aromatic N) is 2. The number of hydrogen-bond acceptors (Lipinski definition) is 7. The summed E-state index contributed by atoms with van der Waals surface area (Å²) in [5.74, 6) is -0.902. The highest BCUT2D eigenvalue weighted by Crippen LogP contribution is 2.30. The molecule has 2 unspecified atom stereocenters. The molecule has 0 aromatic heterocycles. The number of carbonyl (C=O) groups excluding carboxylic acids is 3. The van der Waals surface area contributed by atoms with Gasteiger partial charge in [0.2, 0.25) is 5.91 Å². The number of hydroxylamine groups is 2. The van der Waals surface area contributed by atoms with Crippen molar-refractivity contribution in [2.75, 3.05) is 13.1 Å². The second-order valence-electron chi connectivity index (χ2n) is 6.90. The van der Waals surface area contributed by atoms with E-state index in [9.17, 15) is 22.8 Å². The van der Waals surface area contributed by atoms with Crippen LogP contribution in [0, 0.1) is 0 Å². The molecule has 0 aromatic rings. The number of hydrogen-bond donors (Lipinski definition) is 4. The van der Waals surface area contributed by atoms with E-state index in [4.69, 9.17) is 4.55 Å². The van der Waals surface area contributed by atoms with Crippen LogP contribution in [0.25, 0.3) is 0 Å². The lowest BCUT2D eigenvalue weighted by Gasteiger charge is -2.29. The van der Waals surface area contributed by atoms with Crippen LogP contribution in [0.5, 0.6) is 0 Å². The molecule has 0 saturated carbocycles. The highest BCUT2D eigenvalue weighted by Gasteiger charge is 2.49. The van der Waals surface area contributed by atoms with Gasteiger partial charge in [-0.05, 0) is 32.2 Å². The largest absolute Gasteiger partial charge is 0.418 e. The molecule has 3 atom stereocenters. The summed E-state index contributed by atoms with van der Waals surface area (Å²) in [4.78, 5) is 37.7. The van der Waals surface area contributed by atoms with E-state index in [0.717, 1.165) is 30.7 Å². The molecular weight excluding hydrogens is 382 g/mol. The van der Waals surface area contributed by atoms with Gasteiger partial charge in [-0.3, -0.25) is 25.0 Å². The van der Waals surface area contributed by atoms with Gasteiger partial charge in [0.1, 0.15) is 6.04 Å². The summed E-state index contributed by atoms with van der Waals surface area (Å²) >= 11 is 0. The molecule has 12 nitrogen and oxygen atoms in total. The second kappa shape index (κ2) is 7.96. The monoisotopic (exact) mass is 405 g/mol. The quantitative estimate of drug-likeness (QED) is 0.324. The number of rotatable bonds is 5. The minimum atomic E-state index is -4.84. The Hall–Kier alpha value is -1.96. The number of hydrazine groups is 1. The highest BCUT2D eigenvalue weighted by atomic mass is 32.3. The molecule has 4 amide bonds. The van der Waals surface area contributed by atoms with Gasteiger partial charge in [-0.2, -0.15) is 13.5 Å². The van der Waals surface area contributed by atoms with Gasteiger partial charge in [-0.1, -0.05) is 6.42 Å². The van der Waals surface area contributed by atoms with E-state index in [0.29, 0.717) is 11.5 Å². The molecule has 3 saturated heterocycles. The predicted octanol–water partition coefficient (Wildman–Crippen LogP) is -1.33. The van der Waals surface area contributed by atoms with Gasteiger partial charge in [0.05, 0.1) is 6.04 Å². The van der Waals surface area contributed by atoms with E-state index >= 15 is 0 Å². The standard InChI is InChI=1S/C14H23N5O7S/c20-12(7-9-3-1-2-6-15-9)16-17-13(21)11-5-4-10-8-18(11)14(22)19(10)26-27(23,24)25/h9-11,15H,1-8H2,(H,16,20)(H,17,21)(H,23,24,25)/t9?,10?,11-/m0/s1. The zero-order chi connectivity index (χ0) is 19.6. The van der Waals surface area contributed by atoms with Gasteiger partial charge < -0.3 is 10.2 Å². The first-order chi connectivity index (χ1) is 12.7. The third-order valence-corrected chi connectivity index (χ3v) is 5.32. The molecule has 0 spiro atoms. The highest BCUT2D eigenvalue weighted by molar-refractivity contribution is 7.80. The van der Waals surface area contributed by atoms with Crippen molar-refractivity contribution in [2.45, 2.75) is 56.7 Å². The van der Waals surface area contributed by atoms with Gasteiger partial charge in [0, 0.05) is 19.0 Å². The van der Waals surface area contributed by atoms with Crippen molar-refractivity contribution in [3.05, 3.63) is 0 Å². The van der Waals surface area contributed by atoms with E-state index in [1.54, 1.807) is 0 Å². The van der Waals surface area contributed by atoms with Crippen molar-refractivity contribution in [3.8, 4) is 0 Å². The van der Waals surface area contributed by atoms with Crippen molar-refractivity contribution in [2.24, 2.45) is 0 Å². The molecule has 3 aliphatic rings. The Balaban J connectivity index is 1.50. The normalized spacial score (nSPS) is 28.2. The van der Waals surface area contributed by atoms with E-state index in [2.05, 4.69) is 20.5 Å². The Labute approximate surface area is 156 Å². The topological polar surface area (TPSA) is 157 Å². The summed E-state index contributed by atoms with van der Waals surface area (Å²) in [5, 5.41) is 3.80. The average Bonchev–Trinajstić information content (AvgIpc) is 2.84. The molecule has 3 rings (SSSR count). The van der Waals surface area contributed by atoms with Crippen LogP contribution in [0.2, 0.25) is 0 Å². The van der Waals surface area contributed by atoms with E-state index in [1.165, 1.54) is 0 Å². The minimum Gasteiger partial charge on any atom is -0.313 e. The van der Waals surface area contributed by atoms with Gasteiger partial charge in [0.25, 0.3) is 5.91 Å². The van der Waals surface area contributed by atoms with Crippen LogP contribution in [0.4, 0.5) is 4.79 Å². The molecule has 2 bridgehead atoms. The third kappa shape index (κ3) is 4.86. The van der Waals surface area contributed by atoms with Crippen LogP contribution in [-0.2, 0) is 24.3 Å². The van der Waals surface area contributed by atoms with E-state index in [-0.39, 0.29) is 31.3 Å². The second-order valence-corrected chi connectivity index (χ2v) is 7.90. The fraction of sp³-hybridized carbons (Fsp3) is 0.786. The van der Waals surface area contributed by atoms with Gasteiger partial charge in [0.15, 0.2) is 0 Å². The summed E-state index contributed by atoms with van der Waals surface area (Å²) in [6.45, 7) is 0.957. The zero-order valence-corrected chi connectivity index (χ0v) is 15.4. The molecule has 152 valence electrons. The lowest BCUT2D eigenvalue weighted by atomic mass is 10.0. The maximum Gasteiger partial charge on any atom is 0.418 e. The summed E-state index contributed by atoms with van der Waals surface area (Å²) in [6.07, 6.45) is 3.87. The van der Waals surface area contributed by atoms with Gasteiger partial charge >= 0.3 is 16.4 Å². The molecule has 3 heterocycles. The Kier molecular flexibility index (Phi) is 5.83.